The summed E-state index contributed by atoms with van der Waals surface area (Å²) in [5, 5.41) is 9.96. The Morgan fingerprint density at radius 2 is 2.10 bits per heavy atom. The molecule has 2 unspecified atom stereocenters. The number of amides is 1. The molecule has 114 valence electrons. The van der Waals surface area contributed by atoms with Crippen molar-refractivity contribution in [2.75, 3.05) is 19.8 Å². The van der Waals surface area contributed by atoms with Crippen molar-refractivity contribution in [3.8, 4) is 0 Å². The lowest BCUT2D eigenvalue weighted by Gasteiger charge is -2.34. The fourth-order valence-corrected chi connectivity index (χ4v) is 2.55. The molecule has 1 fully saturated rings. The molecule has 1 amide bonds. The van der Waals surface area contributed by atoms with E-state index in [-0.39, 0.29) is 19.1 Å². The highest BCUT2D eigenvalue weighted by molar-refractivity contribution is 6.42. The predicted molar refractivity (Wildman–Crippen MR) is 78.8 cm³/mol. The fraction of sp³-hybridized carbons (Fsp3) is 0.429. The van der Waals surface area contributed by atoms with Gasteiger partial charge in [-0.3, -0.25) is 4.79 Å². The maximum atomic E-state index is 12.5. The number of carbonyl (C=O) groups excluding carboxylic acids is 1. The third-order valence-electron chi connectivity index (χ3n) is 3.51. The molecule has 21 heavy (non-hydrogen) atoms. The van der Waals surface area contributed by atoms with Crippen molar-refractivity contribution in [1.82, 2.24) is 4.90 Å². The molecule has 1 saturated heterocycles. The first-order valence-corrected chi connectivity index (χ1v) is 7.23. The van der Waals surface area contributed by atoms with Gasteiger partial charge in [0.2, 0.25) is 5.91 Å². The van der Waals surface area contributed by atoms with Gasteiger partial charge in [0.25, 0.3) is 0 Å². The zero-order chi connectivity index (χ0) is 15.6. The van der Waals surface area contributed by atoms with Crippen LogP contribution in [0.25, 0.3) is 0 Å². The van der Waals surface area contributed by atoms with Crippen LogP contribution in [0, 0.1) is 0 Å². The lowest BCUT2D eigenvalue weighted by Crippen LogP contribution is -2.53. The topological polar surface area (TPSA) is 66.8 Å². The molecule has 1 heterocycles. The second-order valence-corrected chi connectivity index (χ2v) is 5.67. The number of nitrogens with zero attached hydrogens (tertiary/aromatic N) is 1. The van der Waals surface area contributed by atoms with E-state index < -0.39 is 17.9 Å². The highest BCUT2D eigenvalue weighted by Gasteiger charge is 2.35. The first-order chi connectivity index (χ1) is 9.91. The van der Waals surface area contributed by atoms with Crippen molar-refractivity contribution in [1.29, 1.82) is 0 Å². The molecule has 0 radical (unpaired) electrons. The van der Waals surface area contributed by atoms with E-state index in [2.05, 4.69) is 0 Å². The molecule has 2 rings (SSSR count). The minimum absolute atomic E-state index is 0.00909. The summed E-state index contributed by atoms with van der Waals surface area (Å²) in [6, 6.07) is 4.02. The standard InChI is InChI=1S/C14H15Cl2NO4/c1-8(9-2-3-10(15)11(16)6-9)13(18)17-4-5-21-7-12(17)14(19)20/h2-3,6,8,12H,4-5,7H2,1H3,(H,19,20). The minimum Gasteiger partial charge on any atom is -0.480 e. The summed E-state index contributed by atoms with van der Waals surface area (Å²) in [6.45, 7) is 2.33. The summed E-state index contributed by atoms with van der Waals surface area (Å²) in [4.78, 5) is 25.1. The summed E-state index contributed by atoms with van der Waals surface area (Å²) in [5.41, 5.74) is 0.699. The van der Waals surface area contributed by atoms with E-state index in [1.807, 2.05) is 0 Å². The molecule has 1 aliphatic heterocycles. The van der Waals surface area contributed by atoms with Crippen LogP contribution < -0.4 is 0 Å². The van der Waals surface area contributed by atoms with E-state index in [4.69, 9.17) is 27.9 Å². The number of hydrogen-bond acceptors (Lipinski definition) is 3. The van der Waals surface area contributed by atoms with Crippen LogP contribution in [-0.4, -0.2) is 47.7 Å². The maximum absolute atomic E-state index is 12.5. The van der Waals surface area contributed by atoms with Gasteiger partial charge in [-0.2, -0.15) is 0 Å². The number of rotatable bonds is 3. The van der Waals surface area contributed by atoms with Gasteiger partial charge in [-0.25, -0.2) is 4.79 Å². The van der Waals surface area contributed by atoms with Crippen molar-refractivity contribution in [2.45, 2.75) is 18.9 Å². The number of ether oxygens (including phenoxy) is 1. The number of carbonyl (C=O) groups is 2. The zero-order valence-electron chi connectivity index (χ0n) is 11.4. The Bertz CT molecular complexity index is 564. The van der Waals surface area contributed by atoms with Crippen LogP contribution in [0.4, 0.5) is 0 Å². The fourth-order valence-electron chi connectivity index (χ4n) is 2.25. The smallest absolute Gasteiger partial charge is 0.328 e. The monoisotopic (exact) mass is 331 g/mol. The third kappa shape index (κ3) is 3.48. The van der Waals surface area contributed by atoms with E-state index in [1.54, 1.807) is 25.1 Å². The van der Waals surface area contributed by atoms with Crippen LogP contribution >= 0.6 is 23.2 Å². The molecule has 2 atom stereocenters. The molecule has 5 nitrogen and oxygen atoms in total. The predicted octanol–water partition coefficient (Wildman–Crippen LogP) is 2.41. The van der Waals surface area contributed by atoms with Gasteiger partial charge < -0.3 is 14.7 Å². The van der Waals surface area contributed by atoms with Crippen LogP contribution in [0.2, 0.25) is 10.0 Å². The van der Waals surface area contributed by atoms with Crippen LogP contribution in [0.15, 0.2) is 18.2 Å². The summed E-state index contributed by atoms with van der Waals surface area (Å²) >= 11 is 11.8. The Balaban J connectivity index is 2.20. The Morgan fingerprint density at radius 1 is 1.38 bits per heavy atom. The number of aliphatic carboxylic acids is 1. The average molecular weight is 332 g/mol. The van der Waals surface area contributed by atoms with Crippen LogP contribution in [0.5, 0.6) is 0 Å². The minimum atomic E-state index is -1.07. The quantitative estimate of drug-likeness (QED) is 0.923. The summed E-state index contributed by atoms with van der Waals surface area (Å²) < 4.78 is 5.13. The van der Waals surface area contributed by atoms with Gasteiger partial charge in [-0.15, -0.1) is 0 Å². The number of carboxylic acids is 1. The molecular formula is C14H15Cl2NO4. The van der Waals surface area contributed by atoms with Gasteiger partial charge in [0.15, 0.2) is 6.04 Å². The Hall–Kier alpha value is -1.30. The lowest BCUT2D eigenvalue weighted by molar-refractivity contribution is -0.158. The van der Waals surface area contributed by atoms with Gasteiger partial charge in [-0.05, 0) is 24.6 Å². The first-order valence-electron chi connectivity index (χ1n) is 6.47. The normalized spacial score (nSPS) is 20.1. The van der Waals surface area contributed by atoms with Crippen molar-refractivity contribution < 1.29 is 19.4 Å². The molecule has 1 aromatic carbocycles. The lowest BCUT2D eigenvalue weighted by atomic mass is 9.98. The summed E-state index contributed by atoms with van der Waals surface area (Å²) in [6.07, 6.45) is 0. The van der Waals surface area contributed by atoms with Crippen molar-refractivity contribution in [3.05, 3.63) is 33.8 Å². The molecule has 1 aromatic rings. The largest absolute Gasteiger partial charge is 0.480 e. The number of morpholine rings is 1. The van der Waals surface area contributed by atoms with E-state index in [0.717, 1.165) is 0 Å². The third-order valence-corrected chi connectivity index (χ3v) is 4.25. The second-order valence-electron chi connectivity index (χ2n) is 4.86. The number of carboxylic acid groups (broad SMARTS) is 1. The Morgan fingerprint density at radius 3 is 2.71 bits per heavy atom. The van der Waals surface area contributed by atoms with E-state index >= 15 is 0 Å². The van der Waals surface area contributed by atoms with Crippen LogP contribution in [0.3, 0.4) is 0 Å². The number of benzene rings is 1. The molecule has 7 heteroatoms. The Kier molecular flexibility index (Phi) is 5.08. The van der Waals surface area contributed by atoms with Gasteiger partial charge >= 0.3 is 5.97 Å². The van der Waals surface area contributed by atoms with E-state index in [1.165, 1.54) is 4.90 Å². The van der Waals surface area contributed by atoms with Gasteiger partial charge in [0.05, 0.1) is 29.2 Å². The Labute approximate surface area is 132 Å². The molecule has 1 aliphatic rings. The highest BCUT2D eigenvalue weighted by atomic mass is 35.5. The van der Waals surface area contributed by atoms with Crippen LogP contribution in [0.1, 0.15) is 18.4 Å². The van der Waals surface area contributed by atoms with Gasteiger partial charge in [-0.1, -0.05) is 29.3 Å². The maximum Gasteiger partial charge on any atom is 0.328 e. The van der Waals surface area contributed by atoms with E-state index in [0.29, 0.717) is 22.2 Å². The molecular weight excluding hydrogens is 317 g/mol. The summed E-state index contributed by atoms with van der Waals surface area (Å²) in [7, 11) is 0. The molecule has 1 N–H and O–H groups in total. The molecule has 0 spiro atoms. The van der Waals surface area contributed by atoms with Crippen molar-refractivity contribution in [3.63, 3.8) is 0 Å². The van der Waals surface area contributed by atoms with Gasteiger partial charge in [0, 0.05) is 6.54 Å². The van der Waals surface area contributed by atoms with E-state index in [9.17, 15) is 14.7 Å². The zero-order valence-corrected chi connectivity index (χ0v) is 12.9. The van der Waals surface area contributed by atoms with Crippen molar-refractivity contribution >= 4 is 35.1 Å². The molecule has 0 aromatic heterocycles. The molecule has 0 aliphatic carbocycles. The van der Waals surface area contributed by atoms with Crippen LogP contribution in [-0.2, 0) is 14.3 Å². The summed E-state index contributed by atoms with van der Waals surface area (Å²) in [5.74, 6) is -1.83. The highest BCUT2D eigenvalue weighted by Crippen LogP contribution is 2.28. The molecule has 0 bridgehead atoms. The SMILES string of the molecule is CC(C(=O)N1CCOCC1C(=O)O)c1ccc(Cl)c(Cl)c1. The second kappa shape index (κ2) is 6.64. The van der Waals surface area contributed by atoms with Crippen molar-refractivity contribution in [2.24, 2.45) is 0 Å². The first kappa shape index (κ1) is 16.1. The number of hydrogen-bond donors (Lipinski definition) is 1. The average Bonchev–Trinajstić information content (AvgIpc) is 2.48. The van der Waals surface area contributed by atoms with Gasteiger partial charge in [0.1, 0.15) is 0 Å². The molecule has 0 saturated carbocycles. The number of halogens is 2.